The number of nitrogens with zero attached hydrogens (tertiary/aromatic N) is 2. The molecule has 0 saturated heterocycles. The highest BCUT2D eigenvalue weighted by Crippen LogP contribution is 2.31. The second-order valence-electron chi connectivity index (χ2n) is 6.03. The fourth-order valence-corrected chi connectivity index (χ4v) is 3.14. The second-order valence-corrected chi connectivity index (χ2v) is 6.03. The maximum Gasteiger partial charge on any atom is 0.249 e. The standard InChI is InChI=1S/C19H23N3O3/c1-24-16-9-7-14(17(13-16)25-2)8-10-19(23)21-18-11-12-20-22(18)15-5-3-4-6-15/h7-13,15H,3-6H2,1-2H3,(H,21,23). The van der Waals surface area contributed by atoms with Crippen molar-refractivity contribution in [3.63, 3.8) is 0 Å². The summed E-state index contributed by atoms with van der Waals surface area (Å²) in [6.45, 7) is 0. The summed E-state index contributed by atoms with van der Waals surface area (Å²) in [5.41, 5.74) is 0.808. The van der Waals surface area contributed by atoms with Gasteiger partial charge in [-0.3, -0.25) is 4.79 Å². The Morgan fingerprint density at radius 2 is 2.04 bits per heavy atom. The van der Waals surface area contributed by atoms with Gasteiger partial charge < -0.3 is 14.8 Å². The summed E-state index contributed by atoms with van der Waals surface area (Å²) in [6.07, 6.45) is 9.61. The predicted octanol–water partition coefficient (Wildman–Crippen LogP) is 3.67. The van der Waals surface area contributed by atoms with E-state index in [1.54, 1.807) is 32.6 Å². The molecule has 1 amide bonds. The predicted molar refractivity (Wildman–Crippen MR) is 96.9 cm³/mol. The molecule has 1 heterocycles. The van der Waals surface area contributed by atoms with Crippen LogP contribution in [0.25, 0.3) is 6.08 Å². The number of hydrogen-bond acceptors (Lipinski definition) is 4. The molecule has 1 fully saturated rings. The van der Waals surface area contributed by atoms with Crippen LogP contribution in [0.15, 0.2) is 36.5 Å². The number of anilines is 1. The van der Waals surface area contributed by atoms with Crippen LogP contribution in [-0.4, -0.2) is 29.9 Å². The molecule has 132 valence electrons. The molecule has 1 aliphatic carbocycles. The van der Waals surface area contributed by atoms with Gasteiger partial charge in [0.25, 0.3) is 0 Å². The van der Waals surface area contributed by atoms with Gasteiger partial charge in [-0.25, -0.2) is 4.68 Å². The van der Waals surface area contributed by atoms with Crippen molar-refractivity contribution < 1.29 is 14.3 Å². The summed E-state index contributed by atoms with van der Waals surface area (Å²) in [6, 6.07) is 7.68. The lowest BCUT2D eigenvalue weighted by Gasteiger charge is -2.14. The number of rotatable bonds is 6. The topological polar surface area (TPSA) is 65.4 Å². The van der Waals surface area contributed by atoms with E-state index in [0.717, 1.165) is 24.2 Å². The molecule has 1 aromatic heterocycles. The molecule has 2 aromatic rings. The molecule has 0 aliphatic heterocycles. The first-order chi connectivity index (χ1) is 12.2. The van der Waals surface area contributed by atoms with E-state index >= 15 is 0 Å². The monoisotopic (exact) mass is 341 g/mol. The van der Waals surface area contributed by atoms with Crippen molar-refractivity contribution in [1.82, 2.24) is 9.78 Å². The zero-order valence-electron chi connectivity index (χ0n) is 14.6. The molecule has 25 heavy (non-hydrogen) atoms. The fourth-order valence-electron chi connectivity index (χ4n) is 3.14. The van der Waals surface area contributed by atoms with E-state index in [9.17, 15) is 4.79 Å². The van der Waals surface area contributed by atoms with Gasteiger partial charge in [0.1, 0.15) is 17.3 Å². The average molecular weight is 341 g/mol. The summed E-state index contributed by atoms with van der Waals surface area (Å²) in [7, 11) is 3.19. The van der Waals surface area contributed by atoms with E-state index in [4.69, 9.17) is 9.47 Å². The lowest BCUT2D eigenvalue weighted by molar-refractivity contribution is -0.111. The minimum absolute atomic E-state index is 0.197. The van der Waals surface area contributed by atoms with Crippen LogP contribution in [-0.2, 0) is 4.79 Å². The molecule has 1 aromatic carbocycles. The molecule has 0 spiro atoms. The van der Waals surface area contributed by atoms with Crippen LogP contribution in [0, 0.1) is 0 Å². The fraction of sp³-hybridized carbons (Fsp3) is 0.368. The zero-order valence-corrected chi connectivity index (χ0v) is 14.6. The highest BCUT2D eigenvalue weighted by Gasteiger charge is 2.20. The number of ether oxygens (including phenoxy) is 2. The summed E-state index contributed by atoms with van der Waals surface area (Å²) >= 11 is 0. The number of methoxy groups -OCH3 is 2. The highest BCUT2D eigenvalue weighted by molar-refractivity contribution is 6.01. The maximum absolute atomic E-state index is 12.3. The number of amides is 1. The van der Waals surface area contributed by atoms with Gasteiger partial charge in [0.15, 0.2) is 0 Å². The molecule has 0 atom stereocenters. The van der Waals surface area contributed by atoms with Gasteiger partial charge in [0.05, 0.1) is 26.5 Å². The van der Waals surface area contributed by atoms with Crippen LogP contribution in [0.4, 0.5) is 5.82 Å². The largest absolute Gasteiger partial charge is 0.497 e. The SMILES string of the molecule is COc1ccc(C=CC(=O)Nc2ccnn2C2CCCC2)c(OC)c1. The lowest BCUT2D eigenvalue weighted by atomic mass is 10.1. The van der Waals surface area contributed by atoms with Crippen molar-refractivity contribution in [3.8, 4) is 11.5 Å². The third kappa shape index (κ3) is 4.02. The van der Waals surface area contributed by atoms with Crippen LogP contribution in [0.3, 0.4) is 0 Å². The van der Waals surface area contributed by atoms with E-state index in [2.05, 4.69) is 10.4 Å². The van der Waals surface area contributed by atoms with Crippen LogP contribution in [0.5, 0.6) is 11.5 Å². The van der Waals surface area contributed by atoms with Gasteiger partial charge >= 0.3 is 0 Å². The number of hydrogen-bond donors (Lipinski definition) is 1. The van der Waals surface area contributed by atoms with Gasteiger partial charge in [-0.05, 0) is 31.1 Å². The van der Waals surface area contributed by atoms with Crippen molar-refractivity contribution in [2.45, 2.75) is 31.7 Å². The molecular weight excluding hydrogens is 318 g/mol. The third-order valence-corrected chi connectivity index (χ3v) is 4.45. The number of aromatic nitrogens is 2. The minimum atomic E-state index is -0.197. The summed E-state index contributed by atoms with van der Waals surface area (Å²) in [5.74, 6) is 1.90. The molecule has 1 aliphatic rings. The van der Waals surface area contributed by atoms with Crippen LogP contribution < -0.4 is 14.8 Å². The minimum Gasteiger partial charge on any atom is -0.497 e. The first-order valence-corrected chi connectivity index (χ1v) is 8.46. The maximum atomic E-state index is 12.3. The van der Waals surface area contributed by atoms with E-state index in [0.29, 0.717) is 17.5 Å². The lowest BCUT2D eigenvalue weighted by Crippen LogP contribution is -2.15. The van der Waals surface area contributed by atoms with E-state index in [-0.39, 0.29) is 5.91 Å². The Morgan fingerprint density at radius 1 is 1.24 bits per heavy atom. The summed E-state index contributed by atoms with van der Waals surface area (Å²) in [4.78, 5) is 12.3. The average Bonchev–Trinajstić information content (AvgIpc) is 3.31. The van der Waals surface area contributed by atoms with Gasteiger partial charge in [-0.15, -0.1) is 0 Å². The van der Waals surface area contributed by atoms with Gasteiger partial charge in [0, 0.05) is 23.8 Å². The van der Waals surface area contributed by atoms with Gasteiger partial charge in [-0.1, -0.05) is 12.8 Å². The van der Waals surface area contributed by atoms with E-state index < -0.39 is 0 Å². The van der Waals surface area contributed by atoms with Crippen molar-refractivity contribution >= 4 is 17.8 Å². The molecule has 3 rings (SSSR count). The molecule has 6 nitrogen and oxygen atoms in total. The molecule has 1 saturated carbocycles. The smallest absolute Gasteiger partial charge is 0.249 e. The molecule has 0 unspecified atom stereocenters. The zero-order chi connectivity index (χ0) is 17.6. The van der Waals surface area contributed by atoms with Gasteiger partial charge in [-0.2, -0.15) is 5.10 Å². The Bertz CT molecular complexity index is 761. The molecule has 0 bridgehead atoms. The Morgan fingerprint density at radius 3 is 2.76 bits per heavy atom. The third-order valence-electron chi connectivity index (χ3n) is 4.45. The van der Waals surface area contributed by atoms with Crippen molar-refractivity contribution in [3.05, 3.63) is 42.1 Å². The highest BCUT2D eigenvalue weighted by atomic mass is 16.5. The first kappa shape index (κ1) is 17.1. The van der Waals surface area contributed by atoms with Crippen molar-refractivity contribution in [2.24, 2.45) is 0 Å². The van der Waals surface area contributed by atoms with Crippen molar-refractivity contribution in [2.75, 3.05) is 19.5 Å². The number of carbonyl (C=O) groups is 1. The van der Waals surface area contributed by atoms with Crippen LogP contribution >= 0.6 is 0 Å². The molecule has 0 radical (unpaired) electrons. The van der Waals surface area contributed by atoms with Crippen molar-refractivity contribution in [1.29, 1.82) is 0 Å². The Labute approximate surface area is 147 Å². The van der Waals surface area contributed by atoms with Crippen LogP contribution in [0.1, 0.15) is 37.3 Å². The Kier molecular flexibility index (Phi) is 5.38. The summed E-state index contributed by atoms with van der Waals surface area (Å²) in [5, 5.41) is 7.27. The Hall–Kier alpha value is -2.76. The van der Waals surface area contributed by atoms with E-state index in [1.807, 2.05) is 22.9 Å². The normalized spacial score (nSPS) is 14.8. The van der Waals surface area contributed by atoms with E-state index in [1.165, 1.54) is 18.9 Å². The second kappa shape index (κ2) is 7.88. The Balaban J connectivity index is 1.69. The first-order valence-electron chi connectivity index (χ1n) is 8.46. The van der Waals surface area contributed by atoms with Crippen LogP contribution in [0.2, 0.25) is 0 Å². The number of nitrogens with one attached hydrogen (secondary N) is 1. The molecule has 6 heteroatoms. The molecule has 1 N–H and O–H groups in total. The molecular formula is C19H23N3O3. The number of benzene rings is 1. The van der Waals surface area contributed by atoms with Gasteiger partial charge in [0.2, 0.25) is 5.91 Å². The quantitative estimate of drug-likeness (QED) is 0.814. The number of carbonyl (C=O) groups excluding carboxylic acids is 1. The summed E-state index contributed by atoms with van der Waals surface area (Å²) < 4.78 is 12.4.